The second-order valence-corrected chi connectivity index (χ2v) is 7.27. The summed E-state index contributed by atoms with van der Waals surface area (Å²) in [6.45, 7) is 3.72. The zero-order valence-corrected chi connectivity index (χ0v) is 16.3. The second-order valence-electron chi connectivity index (χ2n) is 7.27. The highest BCUT2D eigenvalue weighted by Gasteiger charge is 2.18. The average molecular weight is 400 g/mol. The van der Waals surface area contributed by atoms with Crippen molar-refractivity contribution in [2.24, 2.45) is 0 Å². The van der Waals surface area contributed by atoms with Crippen LogP contribution >= 0.6 is 0 Å². The van der Waals surface area contributed by atoms with Crippen LogP contribution in [-0.4, -0.2) is 41.1 Å². The van der Waals surface area contributed by atoms with Gasteiger partial charge in [-0.15, -0.1) is 0 Å². The number of rotatable bonds is 3. The number of fused-ring (bicyclic) bond motifs is 1. The fraction of sp³-hybridized carbons (Fsp3) is 0.174. The molecule has 1 aliphatic heterocycles. The van der Waals surface area contributed by atoms with E-state index in [0.717, 1.165) is 54.0 Å². The predicted octanol–water partition coefficient (Wildman–Crippen LogP) is 3.49. The van der Waals surface area contributed by atoms with Crippen LogP contribution in [0.15, 0.2) is 60.9 Å². The third-order valence-electron chi connectivity index (χ3n) is 5.38. The number of nitrogens with two attached hydrogens (primary N) is 1. The molecule has 6 nitrogen and oxygen atoms in total. The number of nitrogen functional groups attached to an aromatic ring is 1. The number of aromatic nitrogens is 3. The summed E-state index contributed by atoms with van der Waals surface area (Å²) < 4.78 is 13.4. The quantitative estimate of drug-likeness (QED) is 0.548. The number of benzene rings is 1. The van der Waals surface area contributed by atoms with E-state index in [2.05, 4.69) is 26.3 Å². The summed E-state index contributed by atoms with van der Waals surface area (Å²) in [4.78, 5) is 15.8. The molecule has 3 aromatic heterocycles. The van der Waals surface area contributed by atoms with Gasteiger partial charge in [-0.2, -0.15) is 0 Å². The van der Waals surface area contributed by atoms with Crippen molar-refractivity contribution >= 4 is 22.4 Å². The maximum Gasteiger partial charge on any atom is 0.141 e. The Bertz CT molecular complexity index is 1200. The molecular formula is C23H21FN6. The smallest absolute Gasteiger partial charge is 0.141 e. The maximum atomic E-state index is 13.4. The lowest BCUT2D eigenvalue weighted by Gasteiger charge is -2.28. The summed E-state index contributed by atoms with van der Waals surface area (Å²) in [6, 6.07) is 15.0. The first kappa shape index (κ1) is 18.4. The minimum absolute atomic E-state index is 0.364. The van der Waals surface area contributed by atoms with Gasteiger partial charge >= 0.3 is 0 Å². The van der Waals surface area contributed by atoms with Gasteiger partial charge in [0.2, 0.25) is 0 Å². The van der Waals surface area contributed by atoms with E-state index in [1.165, 1.54) is 12.3 Å². The first-order valence-corrected chi connectivity index (χ1v) is 9.93. The zero-order valence-electron chi connectivity index (χ0n) is 16.3. The minimum Gasteiger partial charge on any atom is -0.383 e. The van der Waals surface area contributed by atoms with Crippen molar-refractivity contribution in [2.45, 2.75) is 0 Å². The molecule has 0 saturated carbocycles. The molecule has 4 heterocycles. The first-order valence-electron chi connectivity index (χ1n) is 9.93. The first-order chi connectivity index (χ1) is 14.7. The molecule has 1 aliphatic rings. The second kappa shape index (κ2) is 7.68. The van der Waals surface area contributed by atoms with Gasteiger partial charge in [0.1, 0.15) is 17.5 Å². The van der Waals surface area contributed by atoms with E-state index < -0.39 is 0 Å². The lowest BCUT2D eigenvalue weighted by Crippen LogP contribution is -2.43. The Balaban J connectivity index is 1.66. The van der Waals surface area contributed by atoms with Gasteiger partial charge in [0.05, 0.1) is 23.1 Å². The molecule has 0 bridgehead atoms. The molecule has 0 unspecified atom stereocenters. The molecule has 150 valence electrons. The molecular weight excluding hydrogens is 379 g/mol. The Labute approximate surface area is 173 Å². The van der Waals surface area contributed by atoms with E-state index in [1.54, 1.807) is 6.07 Å². The van der Waals surface area contributed by atoms with Crippen LogP contribution in [0.1, 0.15) is 0 Å². The number of anilines is 2. The molecule has 7 heteroatoms. The van der Waals surface area contributed by atoms with Crippen LogP contribution in [0.5, 0.6) is 0 Å². The molecule has 0 radical (unpaired) electrons. The highest BCUT2D eigenvalue weighted by molar-refractivity contribution is 6.06. The molecule has 1 fully saturated rings. The Kier molecular flexibility index (Phi) is 4.72. The van der Waals surface area contributed by atoms with Crippen molar-refractivity contribution in [3.05, 3.63) is 66.7 Å². The SMILES string of the molecule is Nc1nc(-c2ccnc(N3CCNCC3)c2)c2ccccc2c1-c1ccc(F)cn1. The van der Waals surface area contributed by atoms with Gasteiger partial charge in [0.15, 0.2) is 0 Å². The van der Waals surface area contributed by atoms with Gasteiger partial charge in [-0.25, -0.2) is 14.4 Å². The Morgan fingerprint density at radius 3 is 2.53 bits per heavy atom. The van der Waals surface area contributed by atoms with Crippen LogP contribution in [0.25, 0.3) is 33.3 Å². The summed E-state index contributed by atoms with van der Waals surface area (Å²) in [7, 11) is 0. The number of hydrogen-bond acceptors (Lipinski definition) is 6. The van der Waals surface area contributed by atoms with E-state index in [9.17, 15) is 4.39 Å². The number of nitrogens with zero attached hydrogens (tertiary/aromatic N) is 4. The lowest BCUT2D eigenvalue weighted by molar-refractivity contribution is 0.585. The van der Waals surface area contributed by atoms with E-state index in [1.807, 2.05) is 36.5 Å². The summed E-state index contributed by atoms with van der Waals surface area (Å²) in [5.74, 6) is 0.912. The third kappa shape index (κ3) is 3.33. The van der Waals surface area contributed by atoms with Crippen molar-refractivity contribution in [1.29, 1.82) is 0 Å². The van der Waals surface area contributed by atoms with Gasteiger partial charge in [-0.1, -0.05) is 24.3 Å². The van der Waals surface area contributed by atoms with Gasteiger partial charge in [0.25, 0.3) is 0 Å². The van der Waals surface area contributed by atoms with Crippen molar-refractivity contribution in [3.63, 3.8) is 0 Å². The number of halogens is 1. The number of nitrogens with one attached hydrogen (secondary N) is 1. The zero-order chi connectivity index (χ0) is 20.5. The van der Waals surface area contributed by atoms with Crippen LogP contribution < -0.4 is 16.0 Å². The number of piperazine rings is 1. The van der Waals surface area contributed by atoms with Crippen molar-refractivity contribution in [3.8, 4) is 22.5 Å². The van der Waals surface area contributed by atoms with Gasteiger partial charge in [-0.3, -0.25) is 4.98 Å². The van der Waals surface area contributed by atoms with E-state index in [4.69, 9.17) is 10.7 Å². The molecule has 0 atom stereocenters. The van der Waals surface area contributed by atoms with Crippen LogP contribution in [0.2, 0.25) is 0 Å². The topological polar surface area (TPSA) is 80.0 Å². The van der Waals surface area contributed by atoms with Crippen LogP contribution in [0.4, 0.5) is 16.0 Å². The van der Waals surface area contributed by atoms with Gasteiger partial charge in [0, 0.05) is 43.3 Å². The molecule has 0 aliphatic carbocycles. The molecule has 1 aromatic carbocycles. The van der Waals surface area contributed by atoms with Gasteiger partial charge < -0.3 is 16.0 Å². The highest BCUT2D eigenvalue weighted by atomic mass is 19.1. The average Bonchev–Trinajstić information content (AvgIpc) is 2.80. The van der Waals surface area contributed by atoms with E-state index in [-0.39, 0.29) is 5.82 Å². The summed E-state index contributed by atoms with van der Waals surface area (Å²) in [6.07, 6.45) is 3.01. The Hall–Kier alpha value is -3.58. The fourth-order valence-corrected chi connectivity index (χ4v) is 3.93. The molecule has 0 amide bonds. The number of hydrogen-bond donors (Lipinski definition) is 2. The Morgan fingerprint density at radius 2 is 1.77 bits per heavy atom. The molecule has 4 aromatic rings. The van der Waals surface area contributed by atoms with Crippen molar-refractivity contribution < 1.29 is 4.39 Å². The maximum absolute atomic E-state index is 13.4. The predicted molar refractivity (Wildman–Crippen MR) is 118 cm³/mol. The van der Waals surface area contributed by atoms with Crippen LogP contribution in [0, 0.1) is 5.82 Å². The van der Waals surface area contributed by atoms with Crippen LogP contribution in [0.3, 0.4) is 0 Å². The lowest BCUT2D eigenvalue weighted by atomic mass is 9.98. The highest BCUT2D eigenvalue weighted by Crippen LogP contribution is 2.37. The fourth-order valence-electron chi connectivity index (χ4n) is 3.93. The van der Waals surface area contributed by atoms with Crippen molar-refractivity contribution in [2.75, 3.05) is 36.8 Å². The third-order valence-corrected chi connectivity index (χ3v) is 5.38. The number of pyridine rings is 3. The van der Waals surface area contributed by atoms with E-state index in [0.29, 0.717) is 17.1 Å². The standard InChI is InChI=1S/C23H21FN6/c24-16-5-6-19(28-14-16)21-17-3-1-2-4-18(17)22(29-23(21)25)15-7-8-27-20(13-15)30-11-9-26-10-12-30/h1-8,13-14,26H,9-12H2,(H2,25,29). The molecule has 5 rings (SSSR count). The largest absolute Gasteiger partial charge is 0.383 e. The molecule has 3 N–H and O–H groups in total. The Morgan fingerprint density at radius 1 is 0.967 bits per heavy atom. The molecule has 0 spiro atoms. The normalized spacial score (nSPS) is 14.2. The summed E-state index contributed by atoms with van der Waals surface area (Å²) in [5, 5.41) is 5.25. The van der Waals surface area contributed by atoms with Crippen LogP contribution in [-0.2, 0) is 0 Å². The van der Waals surface area contributed by atoms with Crippen molar-refractivity contribution in [1.82, 2.24) is 20.3 Å². The van der Waals surface area contributed by atoms with E-state index >= 15 is 0 Å². The van der Waals surface area contributed by atoms with Gasteiger partial charge in [-0.05, 0) is 29.7 Å². The molecule has 1 saturated heterocycles. The molecule has 30 heavy (non-hydrogen) atoms. The monoisotopic (exact) mass is 400 g/mol. The summed E-state index contributed by atoms with van der Waals surface area (Å²) >= 11 is 0. The summed E-state index contributed by atoms with van der Waals surface area (Å²) in [5.41, 5.74) is 9.47. The minimum atomic E-state index is -0.386.